The van der Waals surface area contributed by atoms with Crippen molar-refractivity contribution in [3.63, 3.8) is 0 Å². The van der Waals surface area contributed by atoms with Crippen molar-refractivity contribution >= 4 is 46.7 Å². The number of hydrogen-bond acceptors (Lipinski definition) is 6. The van der Waals surface area contributed by atoms with Gasteiger partial charge in [0.15, 0.2) is 11.0 Å². The highest BCUT2D eigenvalue weighted by atomic mass is 35.5. The van der Waals surface area contributed by atoms with E-state index in [1.165, 1.54) is 24.0 Å². The topological polar surface area (TPSA) is 81.9 Å². The highest BCUT2D eigenvalue weighted by Crippen LogP contribution is 2.25. The first-order chi connectivity index (χ1) is 11.5. The minimum absolute atomic E-state index is 0.233. The Labute approximate surface area is 154 Å². The molecule has 0 aromatic carbocycles. The number of nitrogens with one attached hydrogen (secondary N) is 1. The SMILES string of the molecule is COCCCn1cnnc1SC(C)C(=O)Nc1ncc(Cl)cc1Cl. The van der Waals surface area contributed by atoms with Crippen LogP contribution in [0.15, 0.2) is 23.7 Å². The van der Waals surface area contributed by atoms with E-state index in [2.05, 4.69) is 20.5 Å². The van der Waals surface area contributed by atoms with Crippen LogP contribution >= 0.6 is 35.0 Å². The molecule has 1 atom stereocenters. The molecule has 0 saturated carbocycles. The van der Waals surface area contributed by atoms with Gasteiger partial charge >= 0.3 is 0 Å². The lowest BCUT2D eigenvalue weighted by Gasteiger charge is -2.12. The lowest BCUT2D eigenvalue weighted by molar-refractivity contribution is -0.115. The Balaban J connectivity index is 1.95. The van der Waals surface area contributed by atoms with E-state index < -0.39 is 5.25 Å². The van der Waals surface area contributed by atoms with E-state index in [0.717, 1.165) is 13.0 Å². The molecule has 0 bridgehead atoms. The van der Waals surface area contributed by atoms with Crippen LogP contribution in [0.2, 0.25) is 10.0 Å². The fourth-order valence-electron chi connectivity index (χ4n) is 1.80. The molecule has 24 heavy (non-hydrogen) atoms. The predicted octanol–water partition coefficient (Wildman–Crippen LogP) is 3.14. The molecule has 1 N–H and O–H groups in total. The van der Waals surface area contributed by atoms with Gasteiger partial charge in [-0.05, 0) is 19.4 Å². The van der Waals surface area contributed by atoms with Crippen molar-refractivity contribution in [1.29, 1.82) is 0 Å². The second-order valence-electron chi connectivity index (χ2n) is 4.89. The molecule has 0 aliphatic carbocycles. The summed E-state index contributed by atoms with van der Waals surface area (Å²) >= 11 is 13.1. The Kier molecular flexibility index (Phi) is 7.29. The van der Waals surface area contributed by atoms with E-state index in [1.807, 2.05) is 4.57 Å². The molecule has 0 saturated heterocycles. The first-order valence-electron chi connectivity index (χ1n) is 7.16. The zero-order chi connectivity index (χ0) is 17.5. The van der Waals surface area contributed by atoms with Crippen molar-refractivity contribution < 1.29 is 9.53 Å². The number of thioether (sulfide) groups is 1. The van der Waals surface area contributed by atoms with Gasteiger partial charge in [0.05, 0.1) is 15.3 Å². The van der Waals surface area contributed by atoms with E-state index in [1.54, 1.807) is 20.4 Å². The lowest BCUT2D eigenvalue weighted by atomic mass is 10.4. The number of aryl methyl sites for hydroxylation is 1. The zero-order valence-electron chi connectivity index (χ0n) is 13.2. The van der Waals surface area contributed by atoms with Crippen LogP contribution in [-0.2, 0) is 16.1 Å². The Morgan fingerprint density at radius 2 is 2.29 bits per heavy atom. The fraction of sp³-hybridized carbons (Fsp3) is 0.429. The van der Waals surface area contributed by atoms with Crippen molar-refractivity contribution in [3.05, 3.63) is 28.6 Å². The van der Waals surface area contributed by atoms with Crippen LogP contribution in [0, 0.1) is 0 Å². The van der Waals surface area contributed by atoms with Crippen molar-refractivity contribution in [3.8, 4) is 0 Å². The van der Waals surface area contributed by atoms with Gasteiger partial charge in [0.2, 0.25) is 5.91 Å². The zero-order valence-corrected chi connectivity index (χ0v) is 15.5. The summed E-state index contributed by atoms with van der Waals surface area (Å²) in [6, 6.07) is 1.52. The van der Waals surface area contributed by atoms with Gasteiger partial charge in [-0.25, -0.2) is 4.98 Å². The number of pyridine rings is 1. The van der Waals surface area contributed by atoms with Crippen molar-refractivity contribution in [2.75, 3.05) is 19.0 Å². The molecule has 2 heterocycles. The first kappa shape index (κ1) is 19.0. The Morgan fingerprint density at radius 3 is 3.00 bits per heavy atom. The molecule has 7 nitrogen and oxygen atoms in total. The summed E-state index contributed by atoms with van der Waals surface area (Å²) in [7, 11) is 1.66. The number of hydrogen-bond donors (Lipinski definition) is 1. The van der Waals surface area contributed by atoms with Gasteiger partial charge in [-0.3, -0.25) is 4.79 Å². The van der Waals surface area contributed by atoms with E-state index in [-0.39, 0.29) is 16.7 Å². The van der Waals surface area contributed by atoms with E-state index in [9.17, 15) is 4.79 Å². The number of halogens is 2. The summed E-state index contributed by atoms with van der Waals surface area (Å²) in [6.07, 6.45) is 3.90. The maximum Gasteiger partial charge on any atom is 0.238 e. The van der Waals surface area contributed by atoms with Crippen LogP contribution in [0.4, 0.5) is 5.82 Å². The number of anilines is 1. The lowest BCUT2D eigenvalue weighted by Crippen LogP contribution is -2.23. The van der Waals surface area contributed by atoms with Gasteiger partial charge in [0, 0.05) is 26.5 Å². The summed E-state index contributed by atoms with van der Waals surface area (Å²) < 4.78 is 6.92. The first-order valence-corrected chi connectivity index (χ1v) is 8.80. The van der Waals surface area contributed by atoms with Crippen LogP contribution < -0.4 is 5.32 Å². The minimum atomic E-state index is -0.399. The van der Waals surface area contributed by atoms with Crippen LogP contribution in [-0.4, -0.2) is 44.6 Å². The quantitative estimate of drug-likeness (QED) is 0.551. The van der Waals surface area contributed by atoms with Crippen molar-refractivity contribution in [2.45, 2.75) is 30.3 Å². The number of carbonyl (C=O) groups is 1. The van der Waals surface area contributed by atoms with Crippen molar-refractivity contribution in [1.82, 2.24) is 19.7 Å². The third-order valence-corrected chi connectivity index (χ3v) is 4.62. The van der Waals surface area contributed by atoms with Gasteiger partial charge in [-0.15, -0.1) is 10.2 Å². The molecule has 2 aromatic rings. The molecule has 0 aliphatic rings. The molecule has 2 rings (SSSR count). The number of rotatable bonds is 8. The van der Waals surface area contributed by atoms with E-state index in [4.69, 9.17) is 27.9 Å². The number of ether oxygens (including phenoxy) is 1. The van der Waals surface area contributed by atoms with Gasteiger partial charge < -0.3 is 14.6 Å². The van der Waals surface area contributed by atoms with Crippen LogP contribution in [0.25, 0.3) is 0 Å². The third kappa shape index (κ3) is 5.34. The van der Waals surface area contributed by atoms with Crippen LogP contribution in [0.5, 0.6) is 0 Å². The number of nitrogens with zero attached hydrogens (tertiary/aromatic N) is 4. The minimum Gasteiger partial charge on any atom is -0.385 e. The molecule has 1 amide bonds. The molecule has 0 fully saturated rings. The van der Waals surface area contributed by atoms with Crippen molar-refractivity contribution in [2.24, 2.45) is 0 Å². The maximum atomic E-state index is 12.3. The van der Waals surface area contributed by atoms with Crippen LogP contribution in [0.1, 0.15) is 13.3 Å². The highest BCUT2D eigenvalue weighted by molar-refractivity contribution is 8.00. The third-order valence-electron chi connectivity index (χ3n) is 3.03. The monoisotopic (exact) mass is 389 g/mol. The number of carbonyl (C=O) groups excluding carboxylic acids is 1. The highest BCUT2D eigenvalue weighted by Gasteiger charge is 2.19. The summed E-state index contributed by atoms with van der Waals surface area (Å²) in [5.74, 6) is 0.0447. The van der Waals surface area contributed by atoms with Crippen LogP contribution in [0.3, 0.4) is 0 Å². The molecule has 10 heteroatoms. The number of methoxy groups -OCH3 is 1. The maximum absolute atomic E-state index is 12.3. The van der Waals surface area contributed by atoms with E-state index in [0.29, 0.717) is 16.8 Å². The molecule has 130 valence electrons. The average Bonchev–Trinajstić information content (AvgIpc) is 2.97. The largest absolute Gasteiger partial charge is 0.385 e. The van der Waals surface area contributed by atoms with Gasteiger partial charge in [-0.1, -0.05) is 35.0 Å². The second kappa shape index (κ2) is 9.22. The molecule has 2 aromatic heterocycles. The fourth-order valence-corrected chi connectivity index (χ4v) is 3.08. The summed E-state index contributed by atoms with van der Waals surface area (Å²) in [5, 5.41) is 11.6. The van der Waals surface area contributed by atoms with Gasteiger partial charge in [0.1, 0.15) is 6.33 Å². The molecule has 0 spiro atoms. The smallest absolute Gasteiger partial charge is 0.238 e. The van der Waals surface area contributed by atoms with Gasteiger partial charge in [-0.2, -0.15) is 0 Å². The number of aromatic nitrogens is 4. The normalized spacial score (nSPS) is 12.2. The summed E-state index contributed by atoms with van der Waals surface area (Å²) in [4.78, 5) is 16.3. The summed E-state index contributed by atoms with van der Waals surface area (Å²) in [5.41, 5.74) is 0. The average molecular weight is 390 g/mol. The number of amides is 1. The molecular weight excluding hydrogens is 373 g/mol. The predicted molar refractivity (Wildman–Crippen MR) is 94.7 cm³/mol. The standard InChI is InChI=1S/C14H17Cl2N5O2S/c1-9(13(22)19-12-11(16)6-10(15)7-17-12)24-14-20-18-8-21(14)4-3-5-23-2/h6-9H,3-5H2,1-2H3,(H,17,19,22). The molecule has 0 aliphatic heterocycles. The van der Waals surface area contributed by atoms with Gasteiger partial charge in [0.25, 0.3) is 0 Å². The molecule has 1 unspecified atom stereocenters. The Bertz CT molecular complexity index is 698. The molecule has 0 radical (unpaired) electrons. The Hall–Kier alpha value is -1.35. The summed E-state index contributed by atoms with van der Waals surface area (Å²) in [6.45, 7) is 3.15. The molecular formula is C14H17Cl2N5O2S. The van der Waals surface area contributed by atoms with E-state index >= 15 is 0 Å². The Morgan fingerprint density at radius 1 is 1.50 bits per heavy atom. The second-order valence-corrected chi connectivity index (χ2v) is 7.04.